The number of aromatic nitrogens is 1. The van der Waals surface area contributed by atoms with Crippen molar-refractivity contribution in [3.05, 3.63) is 36.0 Å². The van der Waals surface area contributed by atoms with Crippen molar-refractivity contribution in [2.45, 2.75) is 56.8 Å². The minimum atomic E-state index is -1.05. The molecular formula is C21H31N5O4. The van der Waals surface area contributed by atoms with E-state index in [1.165, 1.54) is 6.92 Å². The Balaban J connectivity index is 2.04. The highest BCUT2D eigenvalue weighted by Gasteiger charge is 2.27. The molecular weight excluding hydrogens is 386 g/mol. The highest BCUT2D eigenvalue weighted by Crippen LogP contribution is 2.18. The molecule has 0 aliphatic rings. The van der Waals surface area contributed by atoms with Gasteiger partial charge in [0.15, 0.2) is 0 Å². The lowest BCUT2D eigenvalue weighted by molar-refractivity contribution is -0.131. The third-order valence-corrected chi connectivity index (χ3v) is 5.01. The van der Waals surface area contributed by atoms with Crippen LogP contribution in [0.1, 0.15) is 31.7 Å². The van der Waals surface area contributed by atoms with Crippen LogP contribution in [0.15, 0.2) is 30.5 Å². The van der Waals surface area contributed by atoms with E-state index >= 15 is 0 Å². The third kappa shape index (κ3) is 6.38. The number of para-hydroxylation sites is 1. The number of rotatable bonds is 12. The van der Waals surface area contributed by atoms with Gasteiger partial charge in [-0.2, -0.15) is 0 Å². The van der Waals surface area contributed by atoms with Gasteiger partial charge in [-0.1, -0.05) is 18.2 Å². The fourth-order valence-electron chi connectivity index (χ4n) is 3.20. The van der Waals surface area contributed by atoms with Crippen molar-refractivity contribution in [2.24, 2.45) is 11.5 Å². The van der Waals surface area contributed by atoms with E-state index in [9.17, 15) is 19.5 Å². The van der Waals surface area contributed by atoms with Gasteiger partial charge in [0.2, 0.25) is 11.8 Å². The molecule has 1 aromatic heterocycles. The number of hydrogen-bond donors (Lipinski definition) is 6. The molecule has 0 aliphatic carbocycles. The topological polar surface area (TPSA) is 163 Å². The van der Waals surface area contributed by atoms with Gasteiger partial charge in [-0.15, -0.1) is 0 Å². The molecule has 0 spiro atoms. The molecule has 9 heteroatoms. The van der Waals surface area contributed by atoms with Gasteiger partial charge in [-0.3, -0.25) is 9.59 Å². The fraction of sp³-hybridized carbons (Fsp3) is 0.476. The monoisotopic (exact) mass is 417 g/mol. The number of hydrogen-bond acceptors (Lipinski definition) is 6. The number of aromatic amines is 1. The summed E-state index contributed by atoms with van der Waals surface area (Å²) in [5.41, 5.74) is 13.5. The molecule has 0 fully saturated rings. The Hall–Kier alpha value is -2.75. The Labute approximate surface area is 175 Å². The maximum atomic E-state index is 12.7. The number of H-pyrrole nitrogens is 1. The van der Waals surface area contributed by atoms with Gasteiger partial charge in [0.25, 0.3) is 0 Å². The van der Waals surface area contributed by atoms with Crippen molar-refractivity contribution in [1.82, 2.24) is 15.6 Å². The summed E-state index contributed by atoms with van der Waals surface area (Å²) < 4.78 is 0. The van der Waals surface area contributed by atoms with E-state index < -0.39 is 36.0 Å². The van der Waals surface area contributed by atoms with Gasteiger partial charge in [-0.05, 0) is 50.8 Å². The number of nitrogens with one attached hydrogen (secondary N) is 3. The summed E-state index contributed by atoms with van der Waals surface area (Å²) in [7, 11) is 0. The zero-order valence-electron chi connectivity index (χ0n) is 17.1. The number of aliphatic hydroxyl groups excluding tert-OH is 1. The Morgan fingerprint density at radius 1 is 1.20 bits per heavy atom. The van der Waals surface area contributed by atoms with E-state index in [4.69, 9.17) is 11.5 Å². The lowest BCUT2D eigenvalue weighted by Crippen LogP contribution is -2.55. The van der Waals surface area contributed by atoms with Crippen LogP contribution in [-0.2, 0) is 20.8 Å². The summed E-state index contributed by atoms with van der Waals surface area (Å²) in [5.74, 6) is -1.01. The first-order valence-electron chi connectivity index (χ1n) is 10.1. The summed E-state index contributed by atoms with van der Waals surface area (Å²) in [6.45, 7) is 1.87. The maximum absolute atomic E-state index is 12.7. The number of fused-ring (bicyclic) bond motifs is 1. The van der Waals surface area contributed by atoms with Gasteiger partial charge in [-0.25, -0.2) is 0 Å². The molecule has 1 heterocycles. The molecule has 9 nitrogen and oxygen atoms in total. The number of carbonyl (C=O) groups is 3. The average Bonchev–Trinajstić information content (AvgIpc) is 3.13. The van der Waals surface area contributed by atoms with Crippen LogP contribution in [0.3, 0.4) is 0 Å². The van der Waals surface area contributed by atoms with Gasteiger partial charge >= 0.3 is 0 Å². The third-order valence-electron chi connectivity index (χ3n) is 5.01. The van der Waals surface area contributed by atoms with Crippen LogP contribution in [0.4, 0.5) is 0 Å². The number of nitrogens with two attached hydrogens (primary N) is 2. The highest BCUT2D eigenvalue weighted by atomic mass is 16.3. The smallest absolute Gasteiger partial charge is 0.243 e. The molecule has 2 rings (SSSR count). The molecule has 2 amide bonds. The normalized spacial score (nSPS) is 15.2. The van der Waals surface area contributed by atoms with E-state index in [1.54, 1.807) is 0 Å². The largest absolute Gasteiger partial charge is 0.391 e. The molecule has 1 aromatic carbocycles. The summed E-state index contributed by atoms with van der Waals surface area (Å²) in [4.78, 5) is 39.5. The first kappa shape index (κ1) is 23.5. The first-order valence-corrected chi connectivity index (χ1v) is 10.1. The van der Waals surface area contributed by atoms with Crippen molar-refractivity contribution in [2.75, 3.05) is 6.54 Å². The predicted molar refractivity (Wildman–Crippen MR) is 114 cm³/mol. The molecule has 0 bridgehead atoms. The molecule has 0 aliphatic heterocycles. The van der Waals surface area contributed by atoms with Crippen molar-refractivity contribution < 1.29 is 19.5 Å². The Morgan fingerprint density at radius 3 is 2.60 bits per heavy atom. The summed E-state index contributed by atoms with van der Waals surface area (Å²) in [5, 5.41) is 15.7. The first-order chi connectivity index (χ1) is 14.4. The number of carbonyl (C=O) groups excluding carboxylic acids is 3. The van der Waals surface area contributed by atoms with E-state index in [1.807, 2.05) is 30.5 Å². The average molecular weight is 418 g/mol. The molecule has 4 atom stereocenters. The Bertz CT molecular complexity index is 851. The fourth-order valence-corrected chi connectivity index (χ4v) is 3.20. The predicted octanol–water partition coefficient (Wildman–Crippen LogP) is -0.284. The van der Waals surface area contributed by atoms with E-state index in [-0.39, 0.29) is 0 Å². The SMILES string of the molecule is C[C@@H](O)[C@@H](C=O)NC(=O)[C@H](CCCCN)NC(=O)[C@@H](N)Cc1c[nH]c2ccccc12. The van der Waals surface area contributed by atoms with E-state index in [0.29, 0.717) is 38.5 Å². The van der Waals surface area contributed by atoms with Gasteiger partial charge in [0.05, 0.1) is 12.1 Å². The van der Waals surface area contributed by atoms with Crippen LogP contribution in [0.2, 0.25) is 0 Å². The second-order valence-corrected chi connectivity index (χ2v) is 7.43. The number of aldehydes is 1. The molecule has 164 valence electrons. The summed E-state index contributed by atoms with van der Waals surface area (Å²) in [6, 6.07) is 4.94. The number of aliphatic hydroxyl groups is 1. The van der Waals surface area contributed by atoms with Crippen LogP contribution in [0.5, 0.6) is 0 Å². The Morgan fingerprint density at radius 2 is 1.93 bits per heavy atom. The summed E-state index contributed by atoms with van der Waals surface area (Å²) >= 11 is 0. The van der Waals surface area contributed by atoms with E-state index in [2.05, 4.69) is 15.6 Å². The second kappa shape index (κ2) is 11.4. The second-order valence-electron chi connectivity index (χ2n) is 7.43. The number of amides is 2. The van der Waals surface area contributed by atoms with E-state index in [0.717, 1.165) is 16.5 Å². The minimum absolute atomic E-state index is 0.303. The zero-order chi connectivity index (χ0) is 22.1. The van der Waals surface area contributed by atoms with Gasteiger partial charge in [0.1, 0.15) is 18.4 Å². The number of unbranched alkanes of at least 4 members (excludes halogenated alkanes) is 1. The standard InChI is InChI=1S/C21H31N5O4/c1-13(28)19(12-27)26-21(30)18(8-4-5-9-22)25-20(29)16(23)10-14-11-24-17-7-3-2-6-15(14)17/h2-3,6-7,11-13,16,18-19,24,28H,4-5,8-10,22-23H2,1H3,(H,25,29)(H,26,30)/t13-,16+,18+,19-/m1/s1. The molecule has 8 N–H and O–H groups in total. The van der Waals surface area contributed by atoms with Crippen molar-refractivity contribution in [1.29, 1.82) is 0 Å². The molecule has 2 aromatic rings. The number of benzene rings is 1. The lowest BCUT2D eigenvalue weighted by atomic mass is 10.0. The Kier molecular flexibility index (Phi) is 8.97. The van der Waals surface area contributed by atoms with Crippen LogP contribution in [0, 0.1) is 0 Å². The molecule has 30 heavy (non-hydrogen) atoms. The molecule has 0 saturated carbocycles. The van der Waals surface area contributed by atoms with Crippen molar-refractivity contribution in [3.63, 3.8) is 0 Å². The quantitative estimate of drug-likeness (QED) is 0.205. The van der Waals surface area contributed by atoms with Crippen molar-refractivity contribution >= 4 is 29.0 Å². The maximum Gasteiger partial charge on any atom is 0.243 e. The summed E-state index contributed by atoms with van der Waals surface area (Å²) in [6.07, 6.45) is 3.19. The minimum Gasteiger partial charge on any atom is -0.391 e. The van der Waals surface area contributed by atoms with Crippen LogP contribution >= 0.6 is 0 Å². The van der Waals surface area contributed by atoms with Crippen LogP contribution in [-0.4, -0.2) is 59.0 Å². The van der Waals surface area contributed by atoms with Gasteiger partial charge < -0.3 is 37.0 Å². The molecule has 0 radical (unpaired) electrons. The molecule has 0 saturated heterocycles. The van der Waals surface area contributed by atoms with Crippen LogP contribution < -0.4 is 22.1 Å². The highest BCUT2D eigenvalue weighted by molar-refractivity contribution is 5.91. The van der Waals surface area contributed by atoms with Gasteiger partial charge in [0, 0.05) is 17.1 Å². The lowest BCUT2D eigenvalue weighted by Gasteiger charge is -2.23. The zero-order valence-corrected chi connectivity index (χ0v) is 17.1. The van der Waals surface area contributed by atoms with Crippen LogP contribution in [0.25, 0.3) is 10.9 Å². The molecule has 0 unspecified atom stereocenters. The van der Waals surface area contributed by atoms with Crippen molar-refractivity contribution in [3.8, 4) is 0 Å².